The Morgan fingerprint density at radius 1 is 0.614 bits per heavy atom. The fourth-order valence-corrected chi connectivity index (χ4v) is 16.7. The summed E-state index contributed by atoms with van der Waals surface area (Å²) in [6.07, 6.45) is -34.3. The molecule has 29 nitrogen and oxygen atoms in total. The molecule has 0 amide bonds. The van der Waals surface area contributed by atoms with E-state index in [0.717, 1.165) is 5.57 Å². The van der Waals surface area contributed by atoms with Gasteiger partial charge in [0.1, 0.15) is 116 Å². The topological polar surface area (TPSA) is 485 Å². The summed E-state index contributed by atoms with van der Waals surface area (Å²) in [6, 6.07) is 0. The van der Waals surface area contributed by atoms with Crippen molar-refractivity contribution >= 4 is 5.97 Å². The van der Waals surface area contributed by atoms with Crippen LogP contribution in [0.4, 0.5) is 0 Å². The predicted molar refractivity (Wildman–Crippen MR) is 294 cm³/mol. The van der Waals surface area contributed by atoms with Crippen molar-refractivity contribution in [3.05, 3.63) is 23.3 Å². The first-order valence-corrected chi connectivity index (χ1v) is 30.7. The number of aliphatic hydroxyl groups is 19. The van der Waals surface area contributed by atoms with E-state index < -0.39 is 231 Å². The molecule has 0 aromatic rings. The minimum Gasteiger partial charge on any atom is -0.462 e. The van der Waals surface area contributed by atoms with Crippen molar-refractivity contribution in [2.24, 2.45) is 44.3 Å². The van der Waals surface area contributed by atoms with Crippen molar-refractivity contribution in [3.8, 4) is 0 Å². The molecular formula is C59H96O29. The van der Waals surface area contributed by atoms with E-state index in [1.807, 2.05) is 6.92 Å². The number of hydrogen-bond donors (Lipinski definition) is 19. The number of rotatable bonds is 19. The standard InChI is InChI=1S/C59H96O29/c1-24-36(68)47(87-52-48(43(75)39(71)30(19-62)84-52)88-50-45(77)41(73)38(70)29(18-61)83-50)46(78)51(82-24)86-35-10-11-55(3)32(56(35,4)22-63)9-12-57(5)33(55)8-7-25-26-15-54(2,13-14-59(26,23-64)34(67)16-58(25,57)6)53(79)81-21-31-40(72)42(74)44(76)49(85-31)80-20-28(66)37(69)27(65)17-60/h7-8,24,27-52,60-78H,9-23H2,1-6H3/t24-,27?,28?,29-,30-,31-,32?,33?,34+,35+,36+,37?,38-,39-,40-,41+,42+,43+,44-,45-,46-,47+,48-,49-,50+,51+,52+,54+,55+,56+,57-,58-,59-/m1/s1. The average molecular weight is 1270 g/mol. The van der Waals surface area contributed by atoms with Crippen LogP contribution in [0.5, 0.6) is 0 Å². The molecule has 7 fully saturated rings. The van der Waals surface area contributed by atoms with Crippen LogP contribution in [0.2, 0.25) is 0 Å². The number of fused-ring (bicyclic) bond motifs is 6. The highest BCUT2D eigenvalue weighted by Crippen LogP contribution is 2.74. The number of esters is 1. The number of carbonyl (C=O) groups excluding carboxylic acids is 1. The van der Waals surface area contributed by atoms with E-state index in [1.54, 1.807) is 6.92 Å². The van der Waals surface area contributed by atoms with E-state index in [0.29, 0.717) is 31.3 Å². The van der Waals surface area contributed by atoms with Crippen LogP contribution in [0.25, 0.3) is 0 Å². The van der Waals surface area contributed by atoms with E-state index in [4.69, 9.17) is 47.7 Å². The van der Waals surface area contributed by atoms with Crippen molar-refractivity contribution in [3.63, 3.8) is 0 Å². The molecule has 5 aliphatic carbocycles. The number of aliphatic hydroxyl groups excluding tert-OH is 19. The van der Waals surface area contributed by atoms with Gasteiger partial charge in [0, 0.05) is 16.2 Å². The Labute approximate surface area is 509 Å². The smallest absolute Gasteiger partial charge is 0.312 e. The Morgan fingerprint density at radius 2 is 1.20 bits per heavy atom. The molecule has 3 saturated carbocycles. The van der Waals surface area contributed by atoms with Gasteiger partial charge in [-0.05, 0) is 93.5 Å². The second kappa shape index (κ2) is 26.6. The fourth-order valence-electron chi connectivity index (χ4n) is 16.7. The zero-order chi connectivity index (χ0) is 64.7. The lowest BCUT2D eigenvalue weighted by Crippen LogP contribution is -2.67. The summed E-state index contributed by atoms with van der Waals surface area (Å²) in [5, 5.41) is 204. The zero-order valence-electron chi connectivity index (χ0n) is 50.4. The number of hydrogen-bond acceptors (Lipinski definition) is 29. The SMILES string of the molecule is C[C@H]1O[C@@H](O[C@H]2CC[C@@]3(C)C(CC[C@]4(C)C3C=CC3=C5C[C@@](C)(C(=O)OC[C@H]6O[C@@H](OCC(O)C(O)C(O)CO)[C@H](O)[C@@H](O)[C@@H]6O)CC[C@]5(CO)[C@@H](O)C[C@]34C)[C@]2(C)CO)[C@H](O)[C@@H](O[C@@H]2O[C@H](CO)[C@@H](O)[C@H](O)[C@H]2O[C@@H]2O[C@H](CO)[C@@H](O)[C@H](O)[C@H]2O)[C@H]1O. The highest BCUT2D eigenvalue weighted by atomic mass is 16.8. The van der Waals surface area contributed by atoms with Crippen molar-refractivity contribution in [1.82, 2.24) is 0 Å². The maximum absolute atomic E-state index is 14.4. The molecule has 88 heavy (non-hydrogen) atoms. The third-order valence-electron chi connectivity index (χ3n) is 22.7. The Kier molecular flexibility index (Phi) is 21.2. The van der Waals surface area contributed by atoms with Gasteiger partial charge in [0.15, 0.2) is 25.2 Å². The molecule has 4 aliphatic heterocycles. The summed E-state index contributed by atoms with van der Waals surface area (Å²) >= 11 is 0. The minimum absolute atomic E-state index is 0.0666. The summed E-state index contributed by atoms with van der Waals surface area (Å²) in [4.78, 5) is 14.4. The normalized spacial score (nSPS) is 51.5. The van der Waals surface area contributed by atoms with Gasteiger partial charge in [-0.15, -0.1) is 0 Å². The van der Waals surface area contributed by atoms with E-state index in [1.165, 1.54) is 6.92 Å². The van der Waals surface area contributed by atoms with Crippen molar-refractivity contribution < 1.29 is 144 Å². The monoisotopic (exact) mass is 1270 g/mol. The Hall–Kier alpha value is -2.13. The first kappa shape index (κ1) is 70.2. The number of carbonyl (C=O) groups is 1. The van der Waals surface area contributed by atoms with E-state index >= 15 is 0 Å². The van der Waals surface area contributed by atoms with Crippen LogP contribution < -0.4 is 0 Å². The summed E-state index contributed by atoms with van der Waals surface area (Å²) in [5.41, 5.74) is -3.62. The van der Waals surface area contributed by atoms with Crippen LogP contribution >= 0.6 is 0 Å². The van der Waals surface area contributed by atoms with Crippen LogP contribution in [-0.4, -0.2) is 303 Å². The van der Waals surface area contributed by atoms with Crippen molar-refractivity contribution in [2.45, 2.75) is 246 Å². The summed E-state index contributed by atoms with van der Waals surface area (Å²) in [7, 11) is 0. The first-order valence-electron chi connectivity index (χ1n) is 30.7. The lowest BCUT2D eigenvalue weighted by atomic mass is 9.35. The summed E-state index contributed by atoms with van der Waals surface area (Å²) < 4.78 is 53.1. The highest BCUT2D eigenvalue weighted by molar-refractivity contribution is 5.77. The van der Waals surface area contributed by atoms with Crippen LogP contribution in [0.3, 0.4) is 0 Å². The Bertz CT molecular complexity index is 2460. The van der Waals surface area contributed by atoms with E-state index in [2.05, 4.69) is 32.9 Å². The molecule has 9 aliphatic rings. The van der Waals surface area contributed by atoms with Gasteiger partial charge in [-0.3, -0.25) is 4.79 Å². The van der Waals surface area contributed by atoms with E-state index in [9.17, 15) is 96.7 Å². The maximum Gasteiger partial charge on any atom is 0.312 e. The van der Waals surface area contributed by atoms with Crippen LogP contribution in [-0.2, 0) is 47.4 Å². The first-order chi connectivity index (χ1) is 41.3. The number of allylic oxidation sites excluding steroid dienone is 3. The molecule has 33 atom stereocenters. The molecule has 0 spiro atoms. The molecule has 29 heteroatoms. The fraction of sp³-hybridized carbons (Fsp3) is 0.915. The minimum atomic E-state index is -1.96. The number of ether oxygens (including phenoxy) is 9. The van der Waals surface area contributed by atoms with Gasteiger partial charge in [-0.1, -0.05) is 45.4 Å². The summed E-state index contributed by atoms with van der Waals surface area (Å²) in [6.45, 7) is 6.96. The quantitative estimate of drug-likeness (QED) is 0.0423. The van der Waals surface area contributed by atoms with E-state index in [-0.39, 0.29) is 44.1 Å². The molecule has 9 rings (SSSR count). The lowest BCUT2D eigenvalue weighted by molar-refractivity contribution is -0.391. The van der Waals surface area contributed by atoms with Gasteiger partial charge < -0.3 is 140 Å². The van der Waals surface area contributed by atoms with Crippen LogP contribution in [0, 0.1) is 44.3 Å². The summed E-state index contributed by atoms with van der Waals surface area (Å²) in [5.74, 6) is -1.12. The Balaban J connectivity index is 0.919. The van der Waals surface area contributed by atoms with Gasteiger partial charge in [-0.25, -0.2) is 0 Å². The van der Waals surface area contributed by atoms with Crippen molar-refractivity contribution in [2.75, 3.05) is 46.2 Å². The third-order valence-corrected chi connectivity index (χ3v) is 22.7. The largest absolute Gasteiger partial charge is 0.462 e. The van der Waals surface area contributed by atoms with Gasteiger partial charge in [0.2, 0.25) is 0 Å². The van der Waals surface area contributed by atoms with Crippen LogP contribution in [0.15, 0.2) is 23.3 Å². The van der Waals surface area contributed by atoms with Gasteiger partial charge in [-0.2, -0.15) is 0 Å². The van der Waals surface area contributed by atoms with Crippen LogP contribution in [0.1, 0.15) is 92.9 Å². The molecule has 0 bridgehead atoms. The third kappa shape index (κ3) is 11.8. The molecular weight excluding hydrogens is 1170 g/mol. The molecule has 4 saturated heterocycles. The van der Waals surface area contributed by atoms with Crippen molar-refractivity contribution in [1.29, 1.82) is 0 Å². The van der Waals surface area contributed by atoms with Gasteiger partial charge >= 0.3 is 5.97 Å². The molecule has 0 aromatic heterocycles. The molecule has 4 heterocycles. The molecule has 5 unspecified atom stereocenters. The predicted octanol–water partition coefficient (Wildman–Crippen LogP) is -6.07. The molecule has 0 radical (unpaired) electrons. The molecule has 19 N–H and O–H groups in total. The lowest BCUT2D eigenvalue weighted by Gasteiger charge is -2.70. The maximum atomic E-state index is 14.4. The molecule has 506 valence electrons. The van der Waals surface area contributed by atoms with Gasteiger partial charge in [0.25, 0.3) is 0 Å². The second-order valence-corrected chi connectivity index (χ2v) is 27.7. The molecule has 0 aromatic carbocycles. The highest BCUT2D eigenvalue weighted by Gasteiger charge is 2.70. The average Bonchev–Trinajstić information content (AvgIpc) is 0.677. The van der Waals surface area contributed by atoms with Gasteiger partial charge in [0.05, 0.1) is 63.4 Å². The Morgan fingerprint density at radius 3 is 1.83 bits per heavy atom. The second-order valence-electron chi connectivity index (χ2n) is 27.7. The zero-order valence-corrected chi connectivity index (χ0v) is 50.4.